The van der Waals surface area contributed by atoms with E-state index in [-0.39, 0.29) is 42.1 Å². The van der Waals surface area contributed by atoms with Crippen molar-refractivity contribution in [2.45, 2.75) is 91.0 Å². The first-order chi connectivity index (χ1) is 14.5. The molecule has 0 spiro atoms. The lowest BCUT2D eigenvalue weighted by Gasteiger charge is -2.54. The van der Waals surface area contributed by atoms with Crippen LogP contribution in [0.4, 0.5) is 4.79 Å². The molecule has 2 fully saturated rings. The highest BCUT2D eigenvalue weighted by atomic mass is 16.6. The molecule has 3 amide bonds. The van der Waals surface area contributed by atoms with Gasteiger partial charge in [-0.15, -0.1) is 0 Å². The number of nitrogens with two attached hydrogens (primary N) is 1. The maximum atomic E-state index is 12.9. The molecule has 0 aromatic heterocycles. The van der Waals surface area contributed by atoms with Crippen molar-refractivity contribution in [3.63, 3.8) is 0 Å². The number of hydrogen-bond acceptors (Lipinski definition) is 5. The normalized spacial score (nSPS) is 27.2. The number of amides is 3. The van der Waals surface area contributed by atoms with Gasteiger partial charge in [-0.2, -0.15) is 0 Å². The summed E-state index contributed by atoms with van der Waals surface area (Å²) in [5, 5.41) is 0. The number of primary amides is 1. The summed E-state index contributed by atoms with van der Waals surface area (Å²) in [5.74, 6) is 0.724. The monoisotopic (exact) mass is 438 g/mol. The predicted octanol–water partition coefficient (Wildman–Crippen LogP) is 2.45. The van der Waals surface area contributed by atoms with Gasteiger partial charge < -0.3 is 25.2 Å². The zero-order valence-electron chi connectivity index (χ0n) is 20.2. The van der Waals surface area contributed by atoms with E-state index in [1.54, 1.807) is 6.92 Å². The van der Waals surface area contributed by atoms with Crippen molar-refractivity contribution in [2.24, 2.45) is 17.6 Å². The van der Waals surface area contributed by atoms with E-state index in [1.165, 1.54) is 0 Å². The highest BCUT2D eigenvalue weighted by Crippen LogP contribution is 2.40. The van der Waals surface area contributed by atoms with Gasteiger partial charge in [0, 0.05) is 39.0 Å². The van der Waals surface area contributed by atoms with E-state index in [2.05, 4.69) is 11.8 Å². The third-order valence-electron chi connectivity index (χ3n) is 6.93. The molecule has 1 saturated heterocycles. The molecule has 0 aromatic carbocycles. The van der Waals surface area contributed by atoms with Gasteiger partial charge >= 0.3 is 6.09 Å². The minimum absolute atomic E-state index is 0.0167. The zero-order valence-corrected chi connectivity index (χ0v) is 20.2. The van der Waals surface area contributed by atoms with Gasteiger partial charge in [0.05, 0.1) is 18.2 Å². The van der Waals surface area contributed by atoms with E-state index in [4.69, 9.17) is 10.5 Å². The first kappa shape index (κ1) is 25.4. The quantitative estimate of drug-likeness (QED) is 0.628. The van der Waals surface area contributed by atoms with Crippen molar-refractivity contribution in [2.75, 3.05) is 26.7 Å². The van der Waals surface area contributed by atoms with Crippen molar-refractivity contribution in [1.29, 1.82) is 0 Å². The maximum Gasteiger partial charge on any atom is 0.410 e. The van der Waals surface area contributed by atoms with Crippen LogP contribution in [0.25, 0.3) is 0 Å². The zero-order chi connectivity index (χ0) is 23.3. The Kier molecular flexibility index (Phi) is 9.15. The number of piperazine rings is 1. The fourth-order valence-corrected chi connectivity index (χ4v) is 5.51. The number of carbonyl (C=O) groups excluding carboxylic acids is 3. The predicted molar refractivity (Wildman–Crippen MR) is 120 cm³/mol. The molecule has 0 radical (unpaired) electrons. The standard InChI is InChI=1S/C23H42N4O4/c1-7-18(14-25(6)11-10-22(24)29)19-8-9-20-21(12-19)26(23(30)31-15(2)3)13-16(4)27(20)17(5)28/h15-16,18-21H,7-14H2,1-6H3,(H2,24,29)/t16-,18?,19?,20?,21?/m0/s1. The lowest BCUT2D eigenvalue weighted by molar-refractivity contribution is -0.142. The van der Waals surface area contributed by atoms with Crippen molar-refractivity contribution in [3.8, 4) is 0 Å². The van der Waals surface area contributed by atoms with Gasteiger partial charge in [0.25, 0.3) is 0 Å². The number of rotatable bonds is 8. The molecule has 178 valence electrons. The average Bonchev–Trinajstić information content (AvgIpc) is 2.68. The summed E-state index contributed by atoms with van der Waals surface area (Å²) in [7, 11) is 2.03. The molecule has 2 rings (SSSR count). The Labute approximate surface area is 187 Å². The molecule has 31 heavy (non-hydrogen) atoms. The van der Waals surface area contributed by atoms with E-state index in [1.807, 2.05) is 37.6 Å². The van der Waals surface area contributed by atoms with E-state index in [0.717, 1.165) is 32.2 Å². The summed E-state index contributed by atoms with van der Waals surface area (Å²) in [6.45, 7) is 11.6. The van der Waals surface area contributed by atoms with Crippen LogP contribution >= 0.6 is 0 Å². The van der Waals surface area contributed by atoms with Gasteiger partial charge in [-0.05, 0) is 58.9 Å². The van der Waals surface area contributed by atoms with E-state index >= 15 is 0 Å². The molecule has 1 heterocycles. The second-order valence-corrected chi connectivity index (χ2v) is 9.71. The summed E-state index contributed by atoms with van der Waals surface area (Å²) in [6.07, 6.45) is 3.76. The summed E-state index contributed by atoms with van der Waals surface area (Å²) >= 11 is 0. The third-order valence-corrected chi connectivity index (χ3v) is 6.93. The first-order valence-electron chi connectivity index (χ1n) is 11.8. The molecular formula is C23H42N4O4. The van der Waals surface area contributed by atoms with Gasteiger partial charge in [-0.25, -0.2) is 4.79 Å². The molecule has 2 aliphatic rings. The summed E-state index contributed by atoms with van der Waals surface area (Å²) in [6, 6.07) is 0.00861. The van der Waals surface area contributed by atoms with Crippen LogP contribution < -0.4 is 5.73 Å². The topological polar surface area (TPSA) is 96.2 Å². The van der Waals surface area contributed by atoms with E-state index < -0.39 is 0 Å². The molecule has 0 bridgehead atoms. The molecule has 8 heteroatoms. The molecule has 1 saturated carbocycles. The number of carbonyl (C=O) groups is 3. The van der Waals surface area contributed by atoms with Gasteiger partial charge in [0.15, 0.2) is 0 Å². The Balaban J connectivity index is 2.17. The molecule has 1 aliphatic carbocycles. The Hall–Kier alpha value is -1.83. The Morgan fingerprint density at radius 1 is 1.19 bits per heavy atom. The highest BCUT2D eigenvalue weighted by Gasteiger charge is 2.47. The molecule has 0 aromatic rings. The van der Waals surface area contributed by atoms with Crippen LogP contribution in [-0.2, 0) is 14.3 Å². The Morgan fingerprint density at radius 3 is 2.42 bits per heavy atom. The Bertz CT molecular complexity index is 641. The van der Waals surface area contributed by atoms with E-state index in [0.29, 0.717) is 31.3 Å². The molecule has 1 aliphatic heterocycles. The van der Waals surface area contributed by atoms with Crippen molar-refractivity contribution < 1.29 is 19.1 Å². The van der Waals surface area contributed by atoms with Crippen LogP contribution in [-0.4, -0.2) is 83.5 Å². The number of nitrogens with zero attached hydrogens (tertiary/aromatic N) is 3. The van der Waals surface area contributed by atoms with Gasteiger partial charge in [-0.1, -0.05) is 13.3 Å². The van der Waals surface area contributed by atoms with Crippen LogP contribution in [0.15, 0.2) is 0 Å². The minimum Gasteiger partial charge on any atom is -0.447 e. The van der Waals surface area contributed by atoms with Crippen LogP contribution in [0.2, 0.25) is 0 Å². The molecular weight excluding hydrogens is 396 g/mol. The van der Waals surface area contributed by atoms with Crippen LogP contribution in [0, 0.1) is 11.8 Å². The van der Waals surface area contributed by atoms with Crippen LogP contribution in [0.1, 0.15) is 66.7 Å². The number of hydrogen-bond donors (Lipinski definition) is 1. The second-order valence-electron chi connectivity index (χ2n) is 9.71. The SMILES string of the molecule is CCC(CN(C)CCC(N)=O)C1CCC2C(C1)N(C(=O)OC(C)C)C[C@H](C)N2C(C)=O. The molecule has 4 unspecified atom stereocenters. The average molecular weight is 439 g/mol. The van der Waals surface area contributed by atoms with Crippen molar-refractivity contribution >= 4 is 17.9 Å². The fraction of sp³-hybridized carbons (Fsp3) is 0.870. The highest BCUT2D eigenvalue weighted by molar-refractivity contribution is 5.75. The fourth-order valence-electron chi connectivity index (χ4n) is 5.51. The molecule has 8 nitrogen and oxygen atoms in total. The summed E-state index contributed by atoms with van der Waals surface area (Å²) < 4.78 is 5.56. The lowest BCUT2D eigenvalue weighted by Crippen LogP contribution is -2.67. The van der Waals surface area contributed by atoms with Gasteiger partial charge in [-0.3, -0.25) is 9.59 Å². The van der Waals surface area contributed by atoms with Crippen molar-refractivity contribution in [3.05, 3.63) is 0 Å². The molecule has 5 atom stereocenters. The molecule has 2 N–H and O–H groups in total. The lowest BCUT2D eigenvalue weighted by atomic mass is 9.72. The van der Waals surface area contributed by atoms with Gasteiger partial charge in [0.2, 0.25) is 11.8 Å². The Morgan fingerprint density at radius 2 is 1.87 bits per heavy atom. The van der Waals surface area contributed by atoms with Crippen molar-refractivity contribution in [1.82, 2.24) is 14.7 Å². The summed E-state index contributed by atoms with van der Waals surface area (Å²) in [5.41, 5.74) is 5.30. The third kappa shape index (κ3) is 6.57. The smallest absolute Gasteiger partial charge is 0.410 e. The van der Waals surface area contributed by atoms with Gasteiger partial charge in [0.1, 0.15) is 0 Å². The second kappa shape index (κ2) is 11.2. The number of ether oxygens (including phenoxy) is 1. The first-order valence-corrected chi connectivity index (χ1v) is 11.8. The van der Waals surface area contributed by atoms with E-state index in [9.17, 15) is 14.4 Å². The van der Waals surface area contributed by atoms with Crippen LogP contribution in [0.5, 0.6) is 0 Å². The largest absolute Gasteiger partial charge is 0.447 e. The maximum absolute atomic E-state index is 12.9. The van der Waals surface area contributed by atoms with Crippen LogP contribution in [0.3, 0.4) is 0 Å². The number of fused-ring (bicyclic) bond motifs is 1. The minimum atomic E-state index is -0.277. The summed E-state index contributed by atoms with van der Waals surface area (Å²) in [4.78, 5) is 42.5.